The van der Waals surface area contributed by atoms with E-state index in [0.717, 1.165) is 11.7 Å². The minimum atomic E-state index is -2.85. The zero-order valence-corrected chi connectivity index (χ0v) is 12.0. The van der Waals surface area contributed by atoms with E-state index in [4.69, 9.17) is 0 Å². The van der Waals surface area contributed by atoms with Gasteiger partial charge in [0.05, 0.1) is 23.6 Å². The highest BCUT2D eigenvalue weighted by atomic mass is 32.2. The van der Waals surface area contributed by atoms with Crippen molar-refractivity contribution in [3.8, 4) is 0 Å². The molecule has 2 rings (SSSR count). The molecule has 1 N–H and O–H groups in total. The van der Waals surface area contributed by atoms with Crippen molar-refractivity contribution < 1.29 is 8.42 Å². The lowest BCUT2D eigenvalue weighted by atomic mass is 10.0. The fourth-order valence-electron chi connectivity index (χ4n) is 2.33. The summed E-state index contributed by atoms with van der Waals surface area (Å²) in [6.45, 7) is 5.02. The number of sulfone groups is 1. The summed E-state index contributed by atoms with van der Waals surface area (Å²) >= 11 is 1.76. The van der Waals surface area contributed by atoms with Crippen molar-refractivity contribution in [1.82, 2.24) is 5.32 Å². The molecule has 0 aliphatic carbocycles. The number of nitrogens with zero attached hydrogens (tertiary/aromatic N) is 1. The third-order valence-corrected chi connectivity index (χ3v) is 6.32. The van der Waals surface area contributed by atoms with Crippen LogP contribution in [0.1, 0.15) is 33.1 Å². The Bertz CT molecular complexity index is 419. The van der Waals surface area contributed by atoms with Gasteiger partial charge >= 0.3 is 0 Å². The van der Waals surface area contributed by atoms with Crippen LogP contribution in [-0.4, -0.2) is 42.4 Å². The van der Waals surface area contributed by atoms with E-state index in [1.807, 2.05) is 6.92 Å². The lowest BCUT2D eigenvalue weighted by Gasteiger charge is -2.24. The zero-order chi connectivity index (χ0) is 12.5. The van der Waals surface area contributed by atoms with Crippen LogP contribution < -0.4 is 5.32 Å². The maximum atomic E-state index is 11.5. The van der Waals surface area contributed by atoms with E-state index in [0.29, 0.717) is 17.4 Å². The number of hydrogen-bond acceptors (Lipinski definition) is 5. The number of thioether (sulfide) groups is 1. The first-order valence-electron chi connectivity index (χ1n) is 6.12. The molecule has 0 saturated carbocycles. The smallest absolute Gasteiger partial charge is 0.157 e. The number of hydrogen-bond donors (Lipinski definition) is 1. The number of aliphatic imine (C=N–C) groups is 1. The number of amidine groups is 1. The Morgan fingerprint density at radius 2 is 2.35 bits per heavy atom. The average Bonchev–Trinajstić information content (AvgIpc) is 2.73. The van der Waals surface area contributed by atoms with Gasteiger partial charge in [-0.3, -0.25) is 4.99 Å². The van der Waals surface area contributed by atoms with Crippen molar-refractivity contribution in [2.24, 2.45) is 4.99 Å². The molecule has 1 saturated heterocycles. The second-order valence-corrected chi connectivity index (χ2v) is 8.68. The van der Waals surface area contributed by atoms with Gasteiger partial charge in [0.25, 0.3) is 0 Å². The molecule has 0 aromatic rings. The summed E-state index contributed by atoms with van der Waals surface area (Å²) in [5.41, 5.74) is -0.314. The molecule has 2 aliphatic heterocycles. The monoisotopic (exact) mass is 276 g/mol. The second-order valence-electron chi connectivity index (χ2n) is 5.20. The third-order valence-electron chi connectivity index (χ3n) is 3.24. The highest BCUT2D eigenvalue weighted by Crippen LogP contribution is 2.28. The molecule has 2 heterocycles. The molecule has 0 amide bonds. The van der Waals surface area contributed by atoms with Crippen molar-refractivity contribution in [1.29, 1.82) is 0 Å². The maximum Gasteiger partial charge on any atom is 0.157 e. The molecule has 1 fully saturated rings. The van der Waals surface area contributed by atoms with Crippen molar-refractivity contribution in [2.45, 2.75) is 43.9 Å². The van der Waals surface area contributed by atoms with Crippen molar-refractivity contribution >= 4 is 26.8 Å². The minimum Gasteiger partial charge on any atom is -0.359 e. The second kappa shape index (κ2) is 4.80. The van der Waals surface area contributed by atoms with Gasteiger partial charge in [-0.1, -0.05) is 25.1 Å². The van der Waals surface area contributed by atoms with Gasteiger partial charge in [-0.05, 0) is 19.8 Å². The summed E-state index contributed by atoms with van der Waals surface area (Å²) < 4.78 is 23.0. The van der Waals surface area contributed by atoms with Crippen LogP contribution in [0.4, 0.5) is 0 Å². The van der Waals surface area contributed by atoms with E-state index in [1.165, 1.54) is 12.8 Å². The van der Waals surface area contributed by atoms with E-state index in [9.17, 15) is 8.42 Å². The normalized spacial score (nSPS) is 35.9. The molecule has 2 aliphatic rings. The Labute approximate surface area is 108 Å². The summed E-state index contributed by atoms with van der Waals surface area (Å²) in [5, 5.41) is 4.84. The van der Waals surface area contributed by atoms with Crippen LogP contribution in [0.2, 0.25) is 0 Å². The van der Waals surface area contributed by atoms with Crippen LogP contribution in [0, 0.1) is 0 Å². The molecular weight excluding hydrogens is 256 g/mol. The van der Waals surface area contributed by atoms with Gasteiger partial charge < -0.3 is 5.32 Å². The van der Waals surface area contributed by atoms with E-state index in [2.05, 4.69) is 17.2 Å². The summed E-state index contributed by atoms with van der Waals surface area (Å²) in [5.74, 6) is 0.533. The molecule has 98 valence electrons. The first-order valence-corrected chi connectivity index (χ1v) is 8.82. The van der Waals surface area contributed by atoms with Gasteiger partial charge in [0.2, 0.25) is 0 Å². The molecule has 0 radical (unpaired) electrons. The lowest BCUT2D eigenvalue weighted by molar-refractivity contribution is 0.475. The predicted molar refractivity (Wildman–Crippen MR) is 73.4 cm³/mol. The minimum absolute atomic E-state index is 0.234. The lowest BCUT2D eigenvalue weighted by Crippen LogP contribution is -2.45. The molecule has 17 heavy (non-hydrogen) atoms. The molecule has 0 aromatic heterocycles. The number of rotatable bonds is 3. The average molecular weight is 276 g/mol. The van der Waals surface area contributed by atoms with Crippen molar-refractivity contribution in [2.75, 3.05) is 18.1 Å². The van der Waals surface area contributed by atoms with Crippen molar-refractivity contribution in [3.05, 3.63) is 0 Å². The molecule has 0 bridgehead atoms. The summed E-state index contributed by atoms with van der Waals surface area (Å²) in [6, 6.07) is 0. The molecule has 2 atom stereocenters. The van der Waals surface area contributed by atoms with E-state index in [1.54, 1.807) is 11.8 Å². The Morgan fingerprint density at radius 1 is 1.59 bits per heavy atom. The topological polar surface area (TPSA) is 58.5 Å². The zero-order valence-electron chi connectivity index (χ0n) is 10.4. The highest BCUT2D eigenvalue weighted by molar-refractivity contribution is 8.14. The van der Waals surface area contributed by atoms with Crippen LogP contribution in [0.25, 0.3) is 0 Å². The Balaban J connectivity index is 1.91. The summed E-state index contributed by atoms with van der Waals surface area (Å²) in [4.78, 5) is 4.47. The largest absolute Gasteiger partial charge is 0.359 e. The van der Waals surface area contributed by atoms with Gasteiger partial charge in [0.1, 0.15) is 0 Å². The van der Waals surface area contributed by atoms with Crippen LogP contribution >= 0.6 is 11.8 Å². The molecule has 4 nitrogen and oxygen atoms in total. The fraction of sp³-hybridized carbons (Fsp3) is 0.909. The molecule has 0 aromatic carbocycles. The van der Waals surface area contributed by atoms with Crippen molar-refractivity contribution in [3.63, 3.8) is 0 Å². The number of nitrogens with one attached hydrogen (secondary N) is 1. The standard InChI is InChI=1S/C11H20N2O2S2/c1-3-4-9-7-12-10(16-9)13-11(2)5-6-17(14,15)8-11/h9H,3-8H2,1-2H3,(H,12,13). The van der Waals surface area contributed by atoms with Crippen LogP contribution in [0.3, 0.4) is 0 Å². The fourth-order valence-corrected chi connectivity index (χ4v) is 5.69. The molecular formula is C11H20N2O2S2. The first kappa shape index (κ1) is 13.2. The van der Waals surface area contributed by atoms with Crippen LogP contribution in [0.5, 0.6) is 0 Å². The van der Waals surface area contributed by atoms with E-state index in [-0.39, 0.29) is 11.3 Å². The Hall–Kier alpha value is -0.230. The van der Waals surface area contributed by atoms with E-state index >= 15 is 0 Å². The molecule has 6 heteroatoms. The quantitative estimate of drug-likeness (QED) is 0.847. The summed E-state index contributed by atoms with van der Waals surface area (Å²) in [7, 11) is -2.85. The molecule has 0 spiro atoms. The predicted octanol–water partition coefficient (Wildman–Crippen LogP) is 1.42. The van der Waals surface area contributed by atoms with Crippen LogP contribution in [0.15, 0.2) is 4.99 Å². The van der Waals surface area contributed by atoms with E-state index < -0.39 is 9.84 Å². The Morgan fingerprint density at radius 3 is 2.94 bits per heavy atom. The third kappa shape index (κ3) is 3.37. The van der Waals surface area contributed by atoms with Gasteiger partial charge in [-0.2, -0.15) is 0 Å². The van der Waals surface area contributed by atoms with Crippen LogP contribution in [-0.2, 0) is 9.84 Å². The van der Waals surface area contributed by atoms with Gasteiger partial charge in [-0.25, -0.2) is 8.42 Å². The van der Waals surface area contributed by atoms with Gasteiger partial charge in [-0.15, -0.1) is 0 Å². The molecule has 2 unspecified atom stereocenters. The summed E-state index contributed by atoms with van der Waals surface area (Å²) in [6.07, 6.45) is 3.04. The Kier molecular flexibility index (Phi) is 3.73. The van der Waals surface area contributed by atoms with Gasteiger partial charge in [0, 0.05) is 5.25 Å². The first-order chi connectivity index (χ1) is 7.92. The maximum absolute atomic E-state index is 11.5. The highest BCUT2D eigenvalue weighted by Gasteiger charge is 2.39. The SMILES string of the molecule is CCCC1CN=C(NC2(C)CCS(=O)(=O)C2)S1. The van der Waals surface area contributed by atoms with Gasteiger partial charge in [0.15, 0.2) is 15.0 Å².